The summed E-state index contributed by atoms with van der Waals surface area (Å²) < 4.78 is 5.72. The summed E-state index contributed by atoms with van der Waals surface area (Å²) in [6.45, 7) is 0. The Morgan fingerprint density at radius 3 is 2.42 bits per heavy atom. The third kappa shape index (κ3) is 3.17. The average molecular weight is 322 g/mol. The van der Waals surface area contributed by atoms with E-state index in [0.717, 1.165) is 4.90 Å². The van der Waals surface area contributed by atoms with Crippen LogP contribution in [-0.2, 0) is 9.59 Å². The van der Waals surface area contributed by atoms with Crippen molar-refractivity contribution in [2.75, 3.05) is 7.05 Å². The number of carbonyl (C=O) groups excluding carboxylic acids is 3. The SMILES string of the molecule is CN1C(=O)NC(=O)/C(=C\c2cccc(Oc3ccccc3)c2)C1=O. The van der Waals surface area contributed by atoms with E-state index in [1.54, 1.807) is 24.3 Å². The number of hydrogen-bond donors (Lipinski definition) is 1. The molecule has 0 aromatic heterocycles. The van der Waals surface area contributed by atoms with Gasteiger partial charge in [-0.15, -0.1) is 0 Å². The van der Waals surface area contributed by atoms with E-state index in [2.05, 4.69) is 5.32 Å². The highest BCUT2D eigenvalue weighted by Crippen LogP contribution is 2.23. The van der Waals surface area contributed by atoms with E-state index in [4.69, 9.17) is 4.74 Å². The molecule has 1 heterocycles. The molecule has 3 rings (SSSR count). The molecule has 1 fully saturated rings. The average Bonchev–Trinajstić information content (AvgIpc) is 2.58. The van der Waals surface area contributed by atoms with Crippen LogP contribution in [0.5, 0.6) is 11.5 Å². The minimum atomic E-state index is -0.733. The second-order valence-electron chi connectivity index (χ2n) is 5.17. The molecule has 1 aliphatic heterocycles. The van der Waals surface area contributed by atoms with Crippen LogP contribution in [0.2, 0.25) is 0 Å². The van der Waals surface area contributed by atoms with Crippen molar-refractivity contribution in [1.29, 1.82) is 0 Å². The Morgan fingerprint density at radius 2 is 1.67 bits per heavy atom. The first-order chi connectivity index (χ1) is 11.5. The zero-order chi connectivity index (χ0) is 17.1. The number of barbiturate groups is 1. The number of likely N-dealkylation sites (N-methyl/N-ethyl adjacent to an activating group) is 1. The van der Waals surface area contributed by atoms with E-state index >= 15 is 0 Å². The number of amides is 4. The van der Waals surface area contributed by atoms with Crippen LogP contribution >= 0.6 is 0 Å². The zero-order valence-corrected chi connectivity index (χ0v) is 12.9. The maximum Gasteiger partial charge on any atom is 0.331 e. The van der Waals surface area contributed by atoms with Crippen molar-refractivity contribution in [3.8, 4) is 11.5 Å². The van der Waals surface area contributed by atoms with E-state index in [1.807, 2.05) is 30.3 Å². The number of para-hydroxylation sites is 1. The number of ether oxygens (including phenoxy) is 1. The van der Waals surface area contributed by atoms with E-state index in [-0.39, 0.29) is 5.57 Å². The largest absolute Gasteiger partial charge is 0.457 e. The molecule has 1 N–H and O–H groups in total. The molecule has 0 radical (unpaired) electrons. The van der Waals surface area contributed by atoms with E-state index < -0.39 is 17.8 Å². The lowest BCUT2D eigenvalue weighted by Crippen LogP contribution is -2.52. The Morgan fingerprint density at radius 1 is 0.958 bits per heavy atom. The normalized spacial score (nSPS) is 16.3. The van der Waals surface area contributed by atoms with Gasteiger partial charge < -0.3 is 4.74 Å². The zero-order valence-electron chi connectivity index (χ0n) is 12.9. The lowest BCUT2D eigenvalue weighted by atomic mass is 10.1. The third-order valence-corrected chi connectivity index (χ3v) is 3.45. The highest BCUT2D eigenvalue weighted by Gasteiger charge is 2.32. The molecule has 6 heteroatoms. The lowest BCUT2D eigenvalue weighted by Gasteiger charge is -2.22. The van der Waals surface area contributed by atoms with Crippen molar-refractivity contribution in [3.05, 3.63) is 65.7 Å². The highest BCUT2D eigenvalue weighted by atomic mass is 16.5. The maximum absolute atomic E-state index is 12.1. The summed E-state index contributed by atoms with van der Waals surface area (Å²) in [5.41, 5.74) is 0.513. The number of rotatable bonds is 3. The molecule has 0 spiro atoms. The van der Waals surface area contributed by atoms with Crippen molar-refractivity contribution in [2.24, 2.45) is 0 Å². The quantitative estimate of drug-likeness (QED) is 0.696. The van der Waals surface area contributed by atoms with Gasteiger partial charge in [0.15, 0.2) is 0 Å². The fourth-order valence-electron chi connectivity index (χ4n) is 2.20. The van der Waals surface area contributed by atoms with Crippen molar-refractivity contribution in [2.45, 2.75) is 0 Å². The van der Waals surface area contributed by atoms with Crippen LogP contribution in [0.15, 0.2) is 60.2 Å². The van der Waals surface area contributed by atoms with Crippen LogP contribution in [0.3, 0.4) is 0 Å². The van der Waals surface area contributed by atoms with E-state index in [9.17, 15) is 14.4 Å². The van der Waals surface area contributed by atoms with Crippen LogP contribution in [0.25, 0.3) is 6.08 Å². The standard InChI is InChI=1S/C18H14N2O4/c1-20-17(22)15(16(21)19-18(20)23)11-12-6-5-9-14(10-12)24-13-7-3-2-4-8-13/h2-11H,1H3,(H,19,21,23)/b15-11+. The number of urea groups is 1. The number of nitrogens with zero attached hydrogens (tertiary/aromatic N) is 1. The monoisotopic (exact) mass is 322 g/mol. The molecule has 6 nitrogen and oxygen atoms in total. The Labute approximate surface area is 138 Å². The number of hydrogen-bond acceptors (Lipinski definition) is 4. The van der Waals surface area contributed by atoms with Crippen molar-refractivity contribution in [1.82, 2.24) is 10.2 Å². The van der Waals surface area contributed by atoms with Gasteiger partial charge in [-0.2, -0.15) is 0 Å². The van der Waals surface area contributed by atoms with Gasteiger partial charge in [0.25, 0.3) is 11.8 Å². The van der Waals surface area contributed by atoms with Crippen molar-refractivity contribution in [3.63, 3.8) is 0 Å². The molecule has 0 saturated carbocycles. The fraction of sp³-hybridized carbons (Fsp3) is 0.0556. The summed E-state index contributed by atoms with van der Waals surface area (Å²) in [6.07, 6.45) is 1.43. The summed E-state index contributed by atoms with van der Waals surface area (Å²) in [5.74, 6) is -0.0987. The van der Waals surface area contributed by atoms with Crippen LogP contribution in [-0.4, -0.2) is 29.8 Å². The van der Waals surface area contributed by atoms with Crippen molar-refractivity contribution < 1.29 is 19.1 Å². The molecule has 0 atom stereocenters. The number of benzene rings is 2. The fourth-order valence-corrected chi connectivity index (χ4v) is 2.20. The van der Waals surface area contributed by atoms with Gasteiger partial charge >= 0.3 is 6.03 Å². The molecular weight excluding hydrogens is 308 g/mol. The smallest absolute Gasteiger partial charge is 0.331 e. The number of nitrogens with one attached hydrogen (secondary N) is 1. The topological polar surface area (TPSA) is 75.7 Å². The van der Waals surface area contributed by atoms with Gasteiger partial charge in [0.05, 0.1) is 0 Å². The minimum Gasteiger partial charge on any atom is -0.457 e. The summed E-state index contributed by atoms with van der Waals surface area (Å²) >= 11 is 0. The van der Waals surface area contributed by atoms with Gasteiger partial charge in [0, 0.05) is 7.05 Å². The molecule has 24 heavy (non-hydrogen) atoms. The van der Waals surface area contributed by atoms with Crippen molar-refractivity contribution >= 4 is 23.9 Å². The summed E-state index contributed by atoms with van der Waals surface area (Å²) in [4.78, 5) is 36.2. The lowest BCUT2D eigenvalue weighted by molar-refractivity contribution is -0.129. The van der Waals surface area contributed by atoms with Gasteiger partial charge in [-0.3, -0.25) is 19.8 Å². The Hall–Kier alpha value is -3.41. The molecule has 2 aromatic carbocycles. The van der Waals surface area contributed by atoms with Crippen LogP contribution in [0.4, 0.5) is 4.79 Å². The molecule has 0 unspecified atom stereocenters. The molecule has 2 aromatic rings. The van der Waals surface area contributed by atoms with Gasteiger partial charge in [-0.1, -0.05) is 30.3 Å². The number of carbonyl (C=O) groups is 3. The van der Waals surface area contributed by atoms with Gasteiger partial charge in [0.2, 0.25) is 0 Å². The van der Waals surface area contributed by atoms with Gasteiger partial charge in [0.1, 0.15) is 17.1 Å². The third-order valence-electron chi connectivity index (χ3n) is 3.45. The first-order valence-corrected chi connectivity index (χ1v) is 7.22. The first kappa shape index (κ1) is 15.5. The highest BCUT2D eigenvalue weighted by molar-refractivity contribution is 6.30. The predicted molar refractivity (Wildman–Crippen MR) is 87.2 cm³/mol. The second kappa shape index (κ2) is 6.37. The summed E-state index contributed by atoms with van der Waals surface area (Å²) in [6, 6.07) is 15.5. The van der Waals surface area contributed by atoms with Crippen LogP contribution in [0.1, 0.15) is 5.56 Å². The summed E-state index contributed by atoms with van der Waals surface area (Å²) in [7, 11) is 1.31. The van der Waals surface area contributed by atoms with Gasteiger partial charge in [-0.05, 0) is 35.9 Å². The molecule has 0 bridgehead atoms. The predicted octanol–water partition coefficient (Wildman–Crippen LogP) is 2.57. The van der Waals surface area contributed by atoms with E-state index in [1.165, 1.54) is 13.1 Å². The van der Waals surface area contributed by atoms with Crippen LogP contribution < -0.4 is 10.1 Å². The maximum atomic E-state index is 12.1. The molecule has 0 aliphatic carbocycles. The Kier molecular flexibility index (Phi) is 4.11. The minimum absolute atomic E-state index is 0.103. The Bertz CT molecular complexity index is 843. The molecule has 1 saturated heterocycles. The van der Waals surface area contributed by atoms with Gasteiger partial charge in [-0.25, -0.2) is 4.79 Å². The number of imide groups is 2. The van der Waals surface area contributed by atoms with Crippen LogP contribution in [0, 0.1) is 0 Å². The molecular formula is C18H14N2O4. The molecule has 120 valence electrons. The summed E-state index contributed by atoms with van der Waals surface area (Å²) in [5, 5.41) is 2.11. The second-order valence-corrected chi connectivity index (χ2v) is 5.17. The van der Waals surface area contributed by atoms with E-state index in [0.29, 0.717) is 17.1 Å². The Balaban J connectivity index is 1.87. The first-order valence-electron chi connectivity index (χ1n) is 7.22. The molecule has 4 amide bonds. The molecule has 1 aliphatic rings.